The number of hydrogen-bond acceptors (Lipinski definition) is 5. The lowest BCUT2D eigenvalue weighted by atomic mass is 9.78. The number of amides is 1. The minimum atomic E-state index is -0.174. The molecule has 34 heavy (non-hydrogen) atoms. The molecule has 1 aliphatic carbocycles. The number of H-pyrrole nitrogens is 1. The second-order valence-corrected chi connectivity index (χ2v) is 9.25. The second kappa shape index (κ2) is 10.5. The monoisotopic (exact) mass is 481 g/mol. The van der Waals surface area contributed by atoms with Gasteiger partial charge in [-0.2, -0.15) is 0 Å². The van der Waals surface area contributed by atoms with Gasteiger partial charge in [0.25, 0.3) is 11.5 Å². The van der Waals surface area contributed by atoms with E-state index in [1.54, 1.807) is 32.4 Å². The first-order valence-electron chi connectivity index (χ1n) is 11.7. The molecular weight excluding hydrogens is 450 g/mol. The topological polar surface area (TPSA) is 85.3 Å². The number of ether oxygens (including phenoxy) is 2. The number of aromatic amines is 1. The maximum atomic E-state index is 13.1. The van der Waals surface area contributed by atoms with E-state index in [1.807, 2.05) is 18.2 Å². The largest absolute Gasteiger partial charge is 0.496 e. The lowest BCUT2D eigenvalue weighted by Crippen LogP contribution is -2.39. The van der Waals surface area contributed by atoms with Crippen LogP contribution in [0.25, 0.3) is 10.9 Å². The summed E-state index contributed by atoms with van der Waals surface area (Å²) < 4.78 is 12.6. The van der Waals surface area contributed by atoms with E-state index in [4.69, 9.17) is 21.7 Å². The van der Waals surface area contributed by atoms with E-state index in [9.17, 15) is 9.59 Å². The van der Waals surface area contributed by atoms with Gasteiger partial charge in [0.15, 0.2) is 4.77 Å². The average molecular weight is 482 g/mol. The molecule has 1 heterocycles. The average Bonchev–Trinajstić information content (AvgIpc) is 3.34. The van der Waals surface area contributed by atoms with Crippen molar-refractivity contribution in [1.29, 1.82) is 0 Å². The molecule has 1 aliphatic rings. The molecule has 0 radical (unpaired) electrons. The van der Waals surface area contributed by atoms with Crippen molar-refractivity contribution < 1.29 is 14.3 Å². The number of carbonyl (C=O) groups excluding carboxylic acids is 1. The predicted octanol–water partition coefficient (Wildman–Crippen LogP) is 4.35. The van der Waals surface area contributed by atoms with E-state index in [1.165, 1.54) is 4.57 Å². The van der Waals surface area contributed by atoms with Crippen LogP contribution >= 0.6 is 12.2 Å². The van der Waals surface area contributed by atoms with Gasteiger partial charge in [0.1, 0.15) is 5.75 Å². The number of methoxy groups -OCH3 is 2. The Balaban J connectivity index is 1.56. The van der Waals surface area contributed by atoms with Crippen molar-refractivity contribution in [2.24, 2.45) is 0 Å². The predicted molar refractivity (Wildman–Crippen MR) is 135 cm³/mol. The van der Waals surface area contributed by atoms with Gasteiger partial charge in [-0.1, -0.05) is 31.0 Å². The van der Waals surface area contributed by atoms with Crippen molar-refractivity contribution >= 4 is 29.0 Å². The zero-order valence-corrected chi connectivity index (χ0v) is 20.5. The number of nitrogens with one attached hydrogen (secondary N) is 2. The number of rotatable bonds is 9. The molecule has 8 heteroatoms. The summed E-state index contributed by atoms with van der Waals surface area (Å²) in [6, 6.07) is 13.2. The van der Waals surface area contributed by atoms with E-state index < -0.39 is 0 Å². The van der Waals surface area contributed by atoms with Gasteiger partial charge in [-0.15, -0.1) is 0 Å². The number of hydrogen-bond donors (Lipinski definition) is 2. The van der Waals surface area contributed by atoms with E-state index in [2.05, 4.69) is 16.4 Å². The lowest BCUT2D eigenvalue weighted by Gasteiger charge is -2.31. The molecule has 0 bridgehead atoms. The molecule has 2 N–H and O–H groups in total. The Morgan fingerprint density at radius 2 is 1.94 bits per heavy atom. The summed E-state index contributed by atoms with van der Waals surface area (Å²) in [5.74, 6) is 0.686. The fourth-order valence-corrected chi connectivity index (χ4v) is 5.28. The van der Waals surface area contributed by atoms with Gasteiger partial charge in [0.2, 0.25) is 0 Å². The van der Waals surface area contributed by atoms with Crippen LogP contribution in [0.4, 0.5) is 0 Å². The Morgan fingerprint density at radius 1 is 1.18 bits per heavy atom. The number of benzene rings is 2. The van der Waals surface area contributed by atoms with Gasteiger partial charge in [0, 0.05) is 43.3 Å². The molecule has 4 rings (SSSR count). The first-order chi connectivity index (χ1) is 16.5. The fraction of sp³-hybridized carbons (Fsp3) is 0.423. The molecule has 1 amide bonds. The molecule has 1 saturated carbocycles. The molecule has 3 aromatic rings. The van der Waals surface area contributed by atoms with Crippen molar-refractivity contribution in [2.45, 2.75) is 44.1 Å². The number of aromatic nitrogens is 2. The molecule has 2 aromatic carbocycles. The van der Waals surface area contributed by atoms with Gasteiger partial charge in [-0.25, -0.2) is 0 Å². The summed E-state index contributed by atoms with van der Waals surface area (Å²) in [5, 5.41) is 3.64. The van der Waals surface area contributed by atoms with Crippen LogP contribution in [0.3, 0.4) is 0 Å². The fourth-order valence-electron chi connectivity index (χ4n) is 4.99. The quantitative estimate of drug-likeness (QED) is 0.351. The highest BCUT2D eigenvalue weighted by Gasteiger charge is 2.38. The number of carbonyl (C=O) groups is 1. The lowest BCUT2D eigenvalue weighted by molar-refractivity contribution is 0.0943. The Bertz CT molecular complexity index is 1290. The zero-order valence-electron chi connectivity index (χ0n) is 19.7. The number of para-hydroxylation sites is 1. The molecule has 0 saturated heterocycles. The zero-order chi connectivity index (χ0) is 24.1. The van der Waals surface area contributed by atoms with E-state index in [-0.39, 0.29) is 16.9 Å². The third-order valence-corrected chi connectivity index (χ3v) is 7.12. The molecular formula is C26H31N3O4S. The van der Waals surface area contributed by atoms with E-state index in [0.29, 0.717) is 47.4 Å². The van der Waals surface area contributed by atoms with Crippen LogP contribution in [0.1, 0.15) is 48.0 Å². The van der Waals surface area contributed by atoms with E-state index >= 15 is 0 Å². The first kappa shape index (κ1) is 24.2. The molecule has 1 fully saturated rings. The van der Waals surface area contributed by atoms with Crippen LogP contribution < -0.4 is 15.6 Å². The minimum Gasteiger partial charge on any atom is -0.496 e. The maximum absolute atomic E-state index is 13.1. The van der Waals surface area contributed by atoms with Crippen molar-refractivity contribution in [3.8, 4) is 5.75 Å². The molecule has 7 nitrogen and oxygen atoms in total. The first-order valence-corrected chi connectivity index (χ1v) is 12.1. The summed E-state index contributed by atoms with van der Waals surface area (Å²) in [5.41, 5.74) is 1.89. The normalized spacial score (nSPS) is 14.9. The van der Waals surface area contributed by atoms with Gasteiger partial charge in [0.05, 0.1) is 18.0 Å². The van der Waals surface area contributed by atoms with Crippen LogP contribution in [0, 0.1) is 4.77 Å². The Kier molecular flexibility index (Phi) is 7.48. The molecule has 0 aliphatic heterocycles. The summed E-state index contributed by atoms with van der Waals surface area (Å²) in [6.07, 6.45) is 4.93. The van der Waals surface area contributed by atoms with Gasteiger partial charge >= 0.3 is 0 Å². The summed E-state index contributed by atoms with van der Waals surface area (Å²) in [6.45, 7) is 1.56. The van der Waals surface area contributed by atoms with Crippen molar-refractivity contribution in [1.82, 2.24) is 14.9 Å². The molecule has 180 valence electrons. The molecule has 1 aromatic heterocycles. The van der Waals surface area contributed by atoms with Crippen LogP contribution in [-0.4, -0.2) is 42.8 Å². The summed E-state index contributed by atoms with van der Waals surface area (Å²) >= 11 is 5.40. The van der Waals surface area contributed by atoms with Crippen LogP contribution in [0.2, 0.25) is 0 Å². The van der Waals surface area contributed by atoms with Crippen molar-refractivity contribution in [2.75, 3.05) is 27.4 Å². The molecule has 0 unspecified atom stereocenters. The second-order valence-electron chi connectivity index (χ2n) is 8.86. The van der Waals surface area contributed by atoms with Gasteiger partial charge in [-0.3, -0.25) is 14.2 Å². The maximum Gasteiger partial charge on any atom is 0.262 e. The van der Waals surface area contributed by atoms with Crippen molar-refractivity contribution in [3.63, 3.8) is 0 Å². The SMILES string of the molecule is COCCCn1c(=S)[nH]c2cc(C(=O)NCC3(c4ccccc4OC)CCCC3)ccc2c1=O. The van der Waals surface area contributed by atoms with Crippen LogP contribution in [0.5, 0.6) is 5.75 Å². The summed E-state index contributed by atoms with van der Waals surface area (Å²) in [4.78, 5) is 29.1. The third-order valence-electron chi connectivity index (χ3n) is 6.80. The number of nitrogens with zero attached hydrogens (tertiary/aromatic N) is 1. The molecule has 0 spiro atoms. The Hall–Kier alpha value is -2.97. The highest BCUT2D eigenvalue weighted by atomic mass is 32.1. The molecule has 0 atom stereocenters. The van der Waals surface area contributed by atoms with Crippen LogP contribution in [-0.2, 0) is 16.7 Å². The summed E-state index contributed by atoms with van der Waals surface area (Å²) in [7, 11) is 3.31. The highest BCUT2D eigenvalue weighted by molar-refractivity contribution is 7.71. The van der Waals surface area contributed by atoms with E-state index in [0.717, 1.165) is 37.0 Å². The third kappa shape index (κ3) is 4.79. The Labute approximate surface area is 204 Å². The minimum absolute atomic E-state index is 0.144. The van der Waals surface area contributed by atoms with Gasteiger partial charge < -0.3 is 19.8 Å². The van der Waals surface area contributed by atoms with Crippen molar-refractivity contribution in [3.05, 3.63) is 68.7 Å². The van der Waals surface area contributed by atoms with Gasteiger partial charge in [-0.05, 0) is 55.7 Å². The van der Waals surface area contributed by atoms with Crippen LogP contribution in [0.15, 0.2) is 47.3 Å². The number of fused-ring (bicyclic) bond motifs is 1. The highest BCUT2D eigenvalue weighted by Crippen LogP contribution is 2.44. The smallest absolute Gasteiger partial charge is 0.262 e. The Morgan fingerprint density at radius 3 is 2.68 bits per heavy atom. The standard InChI is InChI=1S/C26H31N3O4S/c1-32-15-7-14-29-24(31)19-11-10-18(16-21(19)28-25(29)34)23(30)27-17-26(12-5-6-13-26)20-8-3-4-9-22(20)33-2/h3-4,8-11,16H,5-7,12-15,17H2,1-2H3,(H,27,30)(H,28,34).